The van der Waals surface area contributed by atoms with Gasteiger partial charge in [-0.25, -0.2) is 9.18 Å². The van der Waals surface area contributed by atoms with Gasteiger partial charge in [0.25, 0.3) is 5.89 Å². The molecule has 1 N–H and O–H groups in total. The van der Waals surface area contributed by atoms with Gasteiger partial charge in [-0.15, -0.1) is 10.2 Å². The highest BCUT2D eigenvalue weighted by Gasteiger charge is 2.10. The van der Waals surface area contributed by atoms with Gasteiger partial charge in [0.15, 0.2) is 6.61 Å². The van der Waals surface area contributed by atoms with Gasteiger partial charge in [0.1, 0.15) is 5.82 Å². The van der Waals surface area contributed by atoms with Crippen LogP contribution in [0.25, 0.3) is 11.5 Å². The quantitative estimate of drug-likeness (QED) is 0.898. The summed E-state index contributed by atoms with van der Waals surface area (Å²) >= 11 is 0. The van der Waals surface area contributed by atoms with E-state index in [9.17, 15) is 9.18 Å². The average molecular weight is 251 g/mol. The maximum absolute atomic E-state index is 13.0. The number of nitrogens with one attached hydrogen (secondary N) is 1. The summed E-state index contributed by atoms with van der Waals surface area (Å²) in [5.41, 5.74) is 0.466. The van der Waals surface area contributed by atoms with Crippen molar-refractivity contribution in [3.05, 3.63) is 36.0 Å². The second-order valence-corrected chi connectivity index (χ2v) is 3.34. The van der Waals surface area contributed by atoms with Crippen LogP contribution in [0.2, 0.25) is 0 Å². The van der Waals surface area contributed by atoms with Gasteiger partial charge >= 0.3 is 6.09 Å². The first kappa shape index (κ1) is 12.0. The van der Waals surface area contributed by atoms with Gasteiger partial charge in [0, 0.05) is 12.6 Å². The number of halogens is 1. The molecule has 0 saturated carbocycles. The van der Waals surface area contributed by atoms with Crippen LogP contribution in [0.3, 0.4) is 0 Å². The van der Waals surface area contributed by atoms with Gasteiger partial charge < -0.3 is 14.5 Å². The molecular weight excluding hydrogens is 241 g/mol. The number of aromatic nitrogens is 2. The Labute approximate surface area is 102 Å². The molecule has 0 fully saturated rings. The topological polar surface area (TPSA) is 77.2 Å². The Balaban J connectivity index is 2.08. The molecule has 0 unspecified atom stereocenters. The summed E-state index contributed by atoms with van der Waals surface area (Å²) in [5, 5.41) is 9.70. The number of alkyl carbamates (subject to hydrolysis) is 1. The van der Waals surface area contributed by atoms with Crippen molar-refractivity contribution in [2.24, 2.45) is 0 Å². The van der Waals surface area contributed by atoms with Crippen LogP contribution in [0.1, 0.15) is 5.89 Å². The smallest absolute Gasteiger partial charge is 0.407 e. The maximum Gasteiger partial charge on any atom is 0.407 e. The standard InChI is InChI=1S/C11H10FN3O3/c1-13-11(16)17-6-9-14-15-10(18-9)7-3-2-4-8(12)5-7/h2-5H,6H2,1H3,(H,13,16). The summed E-state index contributed by atoms with van der Waals surface area (Å²) in [4.78, 5) is 10.8. The normalized spacial score (nSPS) is 10.1. The molecule has 0 aliphatic heterocycles. The zero-order valence-corrected chi connectivity index (χ0v) is 9.51. The average Bonchev–Trinajstić information content (AvgIpc) is 2.84. The van der Waals surface area contributed by atoms with Gasteiger partial charge in [-0.1, -0.05) is 6.07 Å². The van der Waals surface area contributed by atoms with E-state index in [0.29, 0.717) is 5.56 Å². The van der Waals surface area contributed by atoms with Crippen molar-refractivity contribution in [3.8, 4) is 11.5 Å². The fraction of sp³-hybridized carbons (Fsp3) is 0.182. The predicted molar refractivity (Wildman–Crippen MR) is 58.9 cm³/mol. The lowest BCUT2D eigenvalue weighted by Crippen LogP contribution is -2.18. The van der Waals surface area contributed by atoms with Gasteiger partial charge in [-0.05, 0) is 18.2 Å². The first-order valence-electron chi connectivity index (χ1n) is 5.12. The maximum atomic E-state index is 13.0. The molecule has 1 aromatic carbocycles. The molecule has 0 atom stereocenters. The molecule has 1 aromatic heterocycles. The van der Waals surface area contributed by atoms with Crippen LogP contribution in [0, 0.1) is 5.82 Å². The van der Waals surface area contributed by atoms with Crippen molar-refractivity contribution in [1.29, 1.82) is 0 Å². The molecule has 1 amide bonds. The lowest BCUT2D eigenvalue weighted by Gasteiger charge is -1.98. The third-order valence-corrected chi connectivity index (χ3v) is 2.07. The Morgan fingerprint density at radius 1 is 1.50 bits per heavy atom. The van der Waals surface area contributed by atoms with E-state index < -0.39 is 11.9 Å². The van der Waals surface area contributed by atoms with E-state index >= 15 is 0 Å². The van der Waals surface area contributed by atoms with Crippen molar-refractivity contribution < 1.29 is 18.3 Å². The number of ether oxygens (including phenoxy) is 1. The van der Waals surface area contributed by atoms with E-state index in [1.807, 2.05) is 0 Å². The SMILES string of the molecule is CNC(=O)OCc1nnc(-c2cccc(F)c2)o1. The van der Waals surface area contributed by atoms with Crippen molar-refractivity contribution in [3.63, 3.8) is 0 Å². The largest absolute Gasteiger partial charge is 0.439 e. The Morgan fingerprint density at radius 2 is 2.33 bits per heavy atom. The van der Waals surface area contributed by atoms with Gasteiger partial charge in [0.2, 0.25) is 5.89 Å². The van der Waals surface area contributed by atoms with Crippen molar-refractivity contribution in [1.82, 2.24) is 15.5 Å². The number of nitrogens with zero attached hydrogens (tertiary/aromatic N) is 2. The molecule has 0 saturated heterocycles. The Bertz CT molecular complexity index is 556. The van der Waals surface area contributed by atoms with Crippen molar-refractivity contribution >= 4 is 6.09 Å². The molecule has 0 aliphatic rings. The van der Waals surface area contributed by atoms with Gasteiger partial charge in [-0.2, -0.15) is 0 Å². The summed E-state index contributed by atoms with van der Waals surface area (Å²) in [6, 6.07) is 5.77. The minimum atomic E-state index is -0.597. The minimum Gasteiger partial charge on any atom is -0.439 e. The highest BCUT2D eigenvalue weighted by molar-refractivity contribution is 5.66. The van der Waals surface area contributed by atoms with E-state index in [2.05, 4.69) is 15.5 Å². The second-order valence-electron chi connectivity index (χ2n) is 3.34. The molecule has 0 radical (unpaired) electrons. The van der Waals surface area contributed by atoms with E-state index in [4.69, 9.17) is 9.15 Å². The number of amides is 1. The van der Waals surface area contributed by atoms with E-state index in [1.54, 1.807) is 6.07 Å². The molecule has 0 spiro atoms. The third kappa shape index (κ3) is 2.82. The number of hydrogen-bond acceptors (Lipinski definition) is 5. The Hall–Kier alpha value is -2.44. The first-order chi connectivity index (χ1) is 8.69. The highest BCUT2D eigenvalue weighted by Crippen LogP contribution is 2.18. The molecule has 18 heavy (non-hydrogen) atoms. The Morgan fingerprint density at radius 3 is 3.06 bits per heavy atom. The van der Waals surface area contributed by atoms with Crippen LogP contribution in [-0.4, -0.2) is 23.3 Å². The highest BCUT2D eigenvalue weighted by atomic mass is 19.1. The fourth-order valence-electron chi connectivity index (χ4n) is 1.25. The number of carbonyl (C=O) groups excluding carboxylic acids is 1. The molecule has 1 heterocycles. The van der Waals surface area contributed by atoms with Crippen LogP contribution in [0.15, 0.2) is 28.7 Å². The number of benzene rings is 1. The van der Waals surface area contributed by atoms with Crippen LogP contribution >= 0.6 is 0 Å². The predicted octanol–water partition coefficient (Wildman–Crippen LogP) is 1.73. The van der Waals surface area contributed by atoms with E-state index in [1.165, 1.54) is 25.2 Å². The van der Waals surface area contributed by atoms with Crippen LogP contribution < -0.4 is 5.32 Å². The van der Waals surface area contributed by atoms with Gasteiger partial charge in [-0.3, -0.25) is 0 Å². The first-order valence-corrected chi connectivity index (χ1v) is 5.12. The summed E-state index contributed by atoms with van der Waals surface area (Å²) in [5.74, 6) is -0.0864. The van der Waals surface area contributed by atoms with Gasteiger partial charge in [0.05, 0.1) is 0 Å². The zero-order valence-electron chi connectivity index (χ0n) is 9.51. The monoisotopic (exact) mass is 251 g/mol. The lowest BCUT2D eigenvalue weighted by molar-refractivity contribution is 0.131. The van der Waals surface area contributed by atoms with Crippen molar-refractivity contribution in [2.45, 2.75) is 6.61 Å². The molecular formula is C11H10FN3O3. The molecule has 0 aliphatic carbocycles. The molecule has 7 heteroatoms. The summed E-state index contributed by atoms with van der Waals surface area (Å²) in [6.45, 7) is -0.137. The minimum absolute atomic E-state index is 0.137. The summed E-state index contributed by atoms with van der Waals surface area (Å²) < 4.78 is 22.9. The lowest BCUT2D eigenvalue weighted by atomic mass is 10.2. The zero-order chi connectivity index (χ0) is 13.0. The van der Waals surface area contributed by atoms with E-state index in [-0.39, 0.29) is 18.4 Å². The second kappa shape index (κ2) is 5.26. The third-order valence-electron chi connectivity index (χ3n) is 2.07. The number of rotatable bonds is 3. The molecule has 2 rings (SSSR count). The number of carbonyl (C=O) groups is 1. The van der Waals surface area contributed by atoms with Crippen molar-refractivity contribution in [2.75, 3.05) is 7.05 Å². The Kier molecular flexibility index (Phi) is 3.52. The molecule has 94 valence electrons. The summed E-state index contributed by atoms with van der Waals surface area (Å²) in [6.07, 6.45) is -0.597. The fourth-order valence-corrected chi connectivity index (χ4v) is 1.25. The molecule has 2 aromatic rings. The summed E-state index contributed by atoms with van der Waals surface area (Å²) in [7, 11) is 1.44. The molecule has 6 nitrogen and oxygen atoms in total. The van der Waals surface area contributed by atoms with Crippen LogP contribution in [0.4, 0.5) is 9.18 Å². The molecule has 0 bridgehead atoms. The van der Waals surface area contributed by atoms with E-state index in [0.717, 1.165) is 0 Å². The number of hydrogen-bond donors (Lipinski definition) is 1. The van der Waals surface area contributed by atoms with Crippen LogP contribution in [-0.2, 0) is 11.3 Å². The van der Waals surface area contributed by atoms with Crippen LogP contribution in [0.5, 0.6) is 0 Å².